The van der Waals surface area contributed by atoms with Crippen molar-refractivity contribution in [1.29, 1.82) is 0 Å². The molecule has 0 aliphatic carbocycles. The zero-order valence-electron chi connectivity index (χ0n) is 15.6. The fourth-order valence-corrected chi connectivity index (χ4v) is 3.88. The summed E-state index contributed by atoms with van der Waals surface area (Å²) in [4.78, 5) is 19.6. The van der Waals surface area contributed by atoms with Crippen molar-refractivity contribution in [1.82, 2.24) is 39.9 Å². The van der Waals surface area contributed by atoms with Gasteiger partial charge in [0.25, 0.3) is 5.91 Å². The van der Waals surface area contributed by atoms with E-state index in [0.29, 0.717) is 24.8 Å². The summed E-state index contributed by atoms with van der Waals surface area (Å²) in [7, 11) is 6.13. The third kappa shape index (κ3) is 3.24. The smallest absolute Gasteiger partial charge is 0.275 e. The van der Waals surface area contributed by atoms with Gasteiger partial charge in [-0.25, -0.2) is 0 Å². The fourth-order valence-electron chi connectivity index (χ4n) is 3.88. The molecule has 1 amide bonds. The standard InChI is InChI=1S/C17H26N8O/c1-22(2)13-4-6-24(10-13)9-12-8-23(3)20-16(12)17(26)25-7-5-14-15(11-25)19-21-18-14/h8,13H,4-7,9-11H2,1-3H3,(H,18,19,21). The minimum Gasteiger partial charge on any atom is -0.331 e. The molecule has 1 saturated heterocycles. The Bertz CT molecular complexity index is 795. The lowest BCUT2D eigenvalue weighted by Gasteiger charge is -2.25. The number of likely N-dealkylation sites (tertiary alicyclic amines) is 1. The second-order valence-electron chi connectivity index (χ2n) is 7.51. The first kappa shape index (κ1) is 17.2. The average molecular weight is 358 g/mol. The molecule has 9 heteroatoms. The molecule has 0 aromatic carbocycles. The molecule has 0 saturated carbocycles. The molecular formula is C17H26N8O. The van der Waals surface area contributed by atoms with Gasteiger partial charge in [0.05, 0.1) is 12.2 Å². The number of nitrogens with zero attached hydrogens (tertiary/aromatic N) is 7. The van der Waals surface area contributed by atoms with E-state index in [1.807, 2.05) is 18.1 Å². The maximum Gasteiger partial charge on any atom is 0.275 e. The zero-order chi connectivity index (χ0) is 18.3. The van der Waals surface area contributed by atoms with Crippen LogP contribution in [0.1, 0.15) is 33.9 Å². The normalized spacial score (nSPS) is 20.8. The minimum atomic E-state index is -0.0161. The number of nitrogens with one attached hydrogen (secondary N) is 1. The highest BCUT2D eigenvalue weighted by molar-refractivity contribution is 5.93. The maximum absolute atomic E-state index is 13.1. The molecule has 4 heterocycles. The minimum absolute atomic E-state index is 0.0161. The molecule has 1 atom stereocenters. The van der Waals surface area contributed by atoms with Crippen molar-refractivity contribution < 1.29 is 4.79 Å². The van der Waals surface area contributed by atoms with Crippen LogP contribution in [-0.2, 0) is 26.6 Å². The molecule has 4 rings (SSSR count). The lowest BCUT2D eigenvalue weighted by molar-refractivity contribution is 0.0723. The molecule has 0 spiro atoms. The highest BCUT2D eigenvalue weighted by Gasteiger charge is 2.30. The van der Waals surface area contributed by atoms with Gasteiger partial charge in [-0.05, 0) is 20.5 Å². The van der Waals surface area contributed by atoms with E-state index in [1.165, 1.54) is 0 Å². The molecule has 2 aliphatic rings. The molecule has 1 N–H and O–H groups in total. The van der Waals surface area contributed by atoms with Gasteiger partial charge in [0, 0.05) is 57.4 Å². The second kappa shape index (κ2) is 6.81. The van der Waals surface area contributed by atoms with Crippen molar-refractivity contribution in [3.8, 4) is 0 Å². The van der Waals surface area contributed by atoms with Crippen molar-refractivity contribution in [2.45, 2.75) is 32.0 Å². The summed E-state index contributed by atoms with van der Waals surface area (Å²) in [6.07, 6.45) is 3.87. The second-order valence-corrected chi connectivity index (χ2v) is 7.51. The molecule has 1 fully saturated rings. The molecule has 2 aromatic rings. The van der Waals surface area contributed by atoms with Gasteiger partial charge in [0.2, 0.25) is 0 Å². The summed E-state index contributed by atoms with van der Waals surface area (Å²) in [6, 6.07) is 0.582. The van der Waals surface area contributed by atoms with Crippen LogP contribution in [0.2, 0.25) is 0 Å². The topological polar surface area (TPSA) is 86.2 Å². The first-order chi connectivity index (χ1) is 12.5. The van der Waals surface area contributed by atoms with Crippen molar-refractivity contribution in [3.63, 3.8) is 0 Å². The molecule has 1 unspecified atom stereocenters. The summed E-state index contributed by atoms with van der Waals surface area (Å²) in [5, 5.41) is 15.4. The summed E-state index contributed by atoms with van der Waals surface area (Å²) in [5.74, 6) is -0.0161. The number of amides is 1. The van der Waals surface area contributed by atoms with E-state index in [0.717, 1.165) is 49.4 Å². The van der Waals surface area contributed by atoms with E-state index in [1.54, 1.807) is 4.68 Å². The molecule has 140 valence electrons. The Balaban J connectivity index is 1.48. The molecular weight excluding hydrogens is 332 g/mol. The largest absolute Gasteiger partial charge is 0.331 e. The van der Waals surface area contributed by atoms with Gasteiger partial charge >= 0.3 is 0 Å². The number of hydrogen-bond donors (Lipinski definition) is 1. The fraction of sp³-hybridized carbons (Fsp3) is 0.647. The van der Waals surface area contributed by atoms with Crippen LogP contribution in [0.4, 0.5) is 0 Å². The highest BCUT2D eigenvalue weighted by atomic mass is 16.2. The van der Waals surface area contributed by atoms with E-state index in [2.05, 4.69) is 44.4 Å². The number of hydrogen-bond acceptors (Lipinski definition) is 6. The number of carbonyl (C=O) groups is 1. The number of rotatable bonds is 4. The summed E-state index contributed by atoms with van der Waals surface area (Å²) in [6.45, 7) is 4.00. The Morgan fingerprint density at radius 3 is 2.88 bits per heavy atom. The lowest BCUT2D eigenvalue weighted by Crippen LogP contribution is -2.37. The van der Waals surface area contributed by atoms with Crippen LogP contribution in [0.3, 0.4) is 0 Å². The monoisotopic (exact) mass is 358 g/mol. The zero-order valence-corrected chi connectivity index (χ0v) is 15.6. The first-order valence-electron chi connectivity index (χ1n) is 9.10. The predicted octanol–water partition coefficient (Wildman–Crippen LogP) is -0.127. The summed E-state index contributed by atoms with van der Waals surface area (Å²) < 4.78 is 1.74. The number of aromatic amines is 1. The SMILES string of the molecule is CN(C)C1CCN(Cc2cn(C)nc2C(=O)N2CCc3n[nH]nc3C2)C1. The number of aromatic nitrogens is 5. The van der Waals surface area contributed by atoms with Gasteiger partial charge in [-0.1, -0.05) is 0 Å². The first-order valence-corrected chi connectivity index (χ1v) is 9.10. The Morgan fingerprint density at radius 2 is 2.12 bits per heavy atom. The summed E-state index contributed by atoms with van der Waals surface area (Å²) in [5.41, 5.74) is 3.38. The molecule has 2 aliphatic heterocycles. The van der Waals surface area contributed by atoms with Gasteiger partial charge in [-0.2, -0.15) is 20.5 Å². The third-order valence-electron chi connectivity index (χ3n) is 5.43. The van der Waals surface area contributed by atoms with Gasteiger partial charge in [0.1, 0.15) is 5.69 Å². The van der Waals surface area contributed by atoms with Gasteiger partial charge in [0.15, 0.2) is 5.69 Å². The average Bonchev–Trinajstić information content (AvgIpc) is 3.33. The van der Waals surface area contributed by atoms with Crippen LogP contribution in [-0.4, -0.2) is 85.6 Å². The number of likely N-dealkylation sites (N-methyl/N-ethyl adjacent to an activating group) is 1. The predicted molar refractivity (Wildman–Crippen MR) is 95.4 cm³/mol. The van der Waals surface area contributed by atoms with Crippen LogP contribution in [0, 0.1) is 0 Å². The molecule has 0 bridgehead atoms. The van der Waals surface area contributed by atoms with Crippen LogP contribution in [0.15, 0.2) is 6.20 Å². The number of H-pyrrole nitrogens is 1. The highest BCUT2D eigenvalue weighted by Crippen LogP contribution is 2.21. The van der Waals surface area contributed by atoms with Crippen molar-refractivity contribution >= 4 is 5.91 Å². The van der Waals surface area contributed by atoms with Crippen LogP contribution >= 0.6 is 0 Å². The Morgan fingerprint density at radius 1 is 1.31 bits per heavy atom. The van der Waals surface area contributed by atoms with Gasteiger partial charge in [-0.3, -0.25) is 14.4 Å². The van der Waals surface area contributed by atoms with E-state index >= 15 is 0 Å². The summed E-state index contributed by atoms with van der Waals surface area (Å²) >= 11 is 0. The Hall–Kier alpha value is -2.26. The van der Waals surface area contributed by atoms with E-state index in [-0.39, 0.29) is 5.91 Å². The van der Waals surface area contributed by atoms with Crippen molar-refractivity contribution in [2.75, 3.05) is 33.7 Å². The van der Waals surface area contributed by atoms with Crippen LogP contribution < -0.4 is 0 Å². The third-order valence-corrected chi connectivity index (χ3v) is 5.43. The van der Waals surface area contributed by atoms with E-state index in [9.17, 15) is 4.79 Å². The van der Waals surface area contributed by atoms with Crippen LogP contribution in [0.5, 0.6) is 0 Å². The number of carbonyl (C=O) groups excluding carboxylic acids is 1. The van der Waals surface area contributed by atoms with Crippen LogP contribution in [0.25, 0.3) is 0 Å². The van der Waals surface area contributed by atoms with Gasteiger partial charge < -0.3 is 9.80 Å². The quantitative estimate of drug-likeness (QED) is 0.820. The Labute approximate surface area is 152 Å². The van der Waals surface area contributed by atoms with Crippen molar-refractivity contribution in [3.05, 3.63) is 28.8 Å². The van der Waals surface area contributed by atoms with Crippen molar-refractivity contribution in [2.24, 2.45) is 7.05 Å². The maximum atomic E-state index is 13.1. The molecule has 9 nitrogen and oxygen atoms in total. The molecule has 26 heavy (non-hydrogen) atoms. The van der Waals surface area contributed by atoms with Gasteiger partial charge in [-0.15, -0.1) is 0 Å². The lowest BCUT2D eigenvalue weighted by atomic mass is 10.1. The molecule has 0 radical (unpaired) electrons. The van der Waals surface area contributed by atoms with E-state index in [4.69, 9.17) is 0 Å². The van der Waals surface area contributed by atoms with E-state index < -0.39 is 0 Å². The molecule has 2 aromatic heterocycles. The Kier molecular flexibility index (Phi) is 4.49. The number of aryl methyl sites for hydroxylation is 1. The number of fused-ring (bicyclic) bond motifs is 1.